The van der Waals surface area contributed by atoms with Gasteiger partial charge in [0.05, 0.1) is 9.34 Å². The molecule has 1 unspecified atom stereocenters. The van der Waals surface area contributed by atoms with Crippen LogP contribution < -0.4 is 5.32 Å². The number of carbonyl (C=O) groups excluding carboxylic acids is 1. The minimum Gasteiger partial charge on any atom is -0.481 e. The minimum atomic E-state index is -1.12. The normalized spacial score (nSPS) is 12.5. The molecule has 1 rings (SSSR count). The maximum Gasteiger partial charge on any atom is 0.316 e. The molecule has 1 amide bonds. The summed E-state index contributed by atoms with van der Waals surface area (Å²) in [6.07, 6.45) is 0. The second-order valence-corrected chi connectivity index (χ2v) is 5.37. The van der Waals surface area contributed by atoms with Crippen LogP contribution in [0.4, 0.5) is 5.00 Å². The van der Waals surface area contributed by atoms with Gasteiger partial charge in [-0.1, -0.05) is 25.4 Å². The highest BCUT2D eigenvalue weighted by molar-refractivity contribution is 7.20. The van der Waals surface area contributed by atoms with Crippen molar-refractivity contribution in [2.45, 2.75) is 13.8 Å². The van der Waals surface area contributed by atoms with E-state index in [2.05, 4.69) is 5.32 Å². The Kier molecular flexibility index (Phi) is 4.32. The average molecular weight is 262 g/mol. The summed E-state index contributed by atoms with van der Waals surface area (Å²) in [6, 6.07) is 3.29. The quantitative estimate of drug-likeness (QED) is 0.819. The van der Waals surface area contributed by atoms with Crippen molar-refractivity contribution in [3.63, 3.8) is 0 Å². The summed E-state index contributed by atoms with van der Waals surface area (Å²) in [4.78, 5) is 22.6. The Morgan fingerprint density at radius 2 is 2.06 bits per heavy atom. The Bertz CT molecular complexity index is 403. The van der Waals surface area contributed by atoms with Gasteiger partial charge < -0.3 is 10.4 Å². The molecule has 0 aliphatic heterocycles. The summed E-state index contributed by atoms with van der Waals surface area (Å²) >= 11 is 6.90. The monoisotopic (exact) mass is 261 g/mol. The number of hydrogen-bond acceptors (Lipinski definition) is 3. The fourth-order valence-corrected chi connectivity index (χ4v) is 2.23. The molecule has 4 nitrogen and oxygen atoms in total. The molecule has 0 fully saturated rings. The molecule has 0 bridgehead atoms. The topological polar surface area (TPSA) is 66.4 Å². The molecule has 1 aromatic rings. The van der Waals surface area contributed by atoms with Crippen molar-refractivity contribution in [2.75, 3.05) is 5.32 Å². The minimum absolute atomic E-state index is 0.257. The van der Waals surface area contributed by atoms with E-state index in [1.807, 2.05) is 0 Å². The predicted molar refractivity (Wildman–Crippen MR) is 63.9 cm³/mol. The number of aliphatic carboxylic acids is 1. The Balaban J connectivity index is 2.73. The Morgan fingerprint density at radius 3 is 2.44 bits per heavy atom. The second kappa shape index (κ2) is 5.32. The number of rotatable bonds is 4. The van der Waals surface area contributed by atoms with Gasteiger partial charge in [0, 0.05) is 0 Å². The molecule has 1 heterocycles. The fourth-order valence-electron chi connectivity index (χ4n) is 1.28. The SMILES string of the molecule is CC(C)C(C(=O)O)C(=O)Nc1ccc(Cl)s1. The largest absolute Gasteiger partial charge is 0.481 e. The summed E-state index contributed by atoms with van der Waals surface area (Å²) < 4.78 is 0.548. The number of halogens is 1. The highest BCUT2D eigenvalue weighted by Gasteiger charge is 2.29. The van der Waals surface area contributed by atoms with E-state index in [1.54, 1.807) is 26.0 Å². The Hall–Kier alpha value is -1.07. The first-order chi connectivity index (χ1) is 7.41. The van der Waals surface area contributed by atoms with Crippen LogP contribution in [0, 0.1) is 11.8 Å². The molecule has 6 heteroatoms. The molecular formula is C10H12ClNO3S. The summed E-state index contributed by atoms with van der Waals surface area (Å²) in [5, 5.41) is 12.0. The van der Waals surface area contributed by atoms with E-state index in [0.717, 1.165) is 0 Å². The van der Waals surface area contributed by atoms with Gasteiger partial charge in [0.15, 0.2) is 0 Å². The van der Waals surface area contributed by atoms with Crippen molar-refractivity contribution in [1.82, 2.24) is 0 Å². The van der Waals surface area contributed by atoms with Crippen LogP contribution in [0.3, 0.4) is 0 Å². The molecule has 0 aromatic carbocycles. The molecule has 88 valence electrons. The number of carbonyl (C=O) groups is 2. The van der Waals surface area contributed by atoms with E-state index >= 15 is 0 Å². The van der Waals surface area contributed by atoms with Crippen LogP contribution >= 0.6 is 22.9 Å². The van der Waals surface area contributed by atoms with Crippen LogP contribution in [0.25, 0.3) is 0 Å². The molecule has 1 atom stereocenters. The lowest BCUT2D eigenvalue weighted by atomic mass is 9.95. The van der Waals surface area contributed by atoms with Crippen LogP contribution in [0.15, 0.2) is 12.1 Å². The molecule has 1 aromatic heterocycles. The molecule has 0 saturated heterocycles. The Labute approximate surface area is 102 Å². The first-order valence-electron chi connectivity index (χ1n) is 4.71. The summed E-state index contributed by atoms with van der Waals surface area (Å²) in [6.45, 7) is 3.39. The third kappa shape index (κ3) is 3.21. The van der Waals surface area contributed by atoms with E-state index < -0.39 is 17.8 Å². The van der Waals surface area contributed by atoms with Gasteiger partial charge in [0.25, 0.3) is 0 Å². The van der Waals surface area contributed by atoms with Crippen molar-refractivity contribution in [2.24, 2.45) is 11.8 Å². The molecule has 16 heavy (non-hydrogen) atoms. The first kappa shape index (κ1) is 13.0. The molecule has 0 saturated carbocycles. The standard InChI is InChI=1S/C10H12ClNO3S/c1-5(2)8(10(14)15)9(13)12-7-4-3-6(11)16-7/h3-5,8H,1-2H3,(H,12,13)(H,14,15). The number of amides is 1. The summed E-state index contributed by atoms with van der Waals surface area (Å²) in [5.74, 6) is -2.93. The van der Waals surface area contributed by atoms with Crippen LogP contribution in [0.2, 0.25) is 4.34 Å². The van der Waals surface area contributed by atoms with Gasteiger partial charge in [-0.25, -0.2) is 0 Å². The molecule has 2 N–H and O–H groups in total. The van der Waals surface area contributed by atoms with Crippen LogP contribution in [-0.4, -0.2) is 17.0 Å². The Morgan fingerprint density at radius 1 is 1.44 bits per heavy atom. The zero-order valence-corrected chi connectivity index (χ0v) is 10.4. The summed E-state index contributed by atoms with van der Waals surface area (Å²) in [5.41, 5.74) is 0. The molecule has 0 aliphatic carbocycles. The number of thiophene rings is 1. The maximum absolute atomic E-state index is 11.7. The van der Waals surface area contributed by atoms with Crippen molar-refractivity contribution < 1.29 is 14.7 Å². The van der Waals surface area contributed by atoms with Crippen LogP contribution in [0.5, 0.6) is 0 Å². The van der Waals surface area contributed by atoms with E-state index in [-0.39, 0.29) is 5.92 Å². The number of anilines is 1. The molecule has 0 aliphatic rings. The fraction of sp³-hybridized carbons (Fsp3) is 0.400. The number of carboxylic acids is 1. The van der Waals surface area contributed by atoms with E-state index in [4.69, 9.17) is 16.7 Å². The maximum atomic E-state index is 11.7. The highest BCUT2D eigenvalue weighted by atomic mass is 35.5. The number of hydrogen-bond donors (Lipinski definition) is 2. The van der Waals surface area contributed by atoms with Crippen molar-refractivity contribution >= 4 is 39.8 Å². The van der Waals surface area contributed by atoms with Gasteiger partial charge in [0.2, 0.25) is 5.91 Å². The average Bonchev–Trinajstić information content (AvgIpc) is 2.49. The lowest BCUT2D eigenvalue weighted by Crippen LogP contribution is -2.33. The predicted octanol–water partition coefficient (Wildman–Crippen LogP) is 2.70. The van der Waals surface area contributed by atoms with Gasteiger partial charge in [-0.05, 0) is 18.1 Å². The zero-order chi connectivity index (χ0) is 12.3. The van der Waals surface area contributed by atoms with Crippen LogP contribution in [0.1, 0.15) is 13.8 Å². The van der Waals surface area contributed by atoms with E-state index in [9.17, 15) is 9.59 Å². The van der Waals surface area contributed by atoms with Crippen molar-refractivity contribution in [3.8, 4) is 0 Å². The second-order valence-electron chi connectivity index (χ2n) is 3.65. The van der Waals surface area contributed by atoms with Crippen molar-refractivity contribution in [1.29, 1.82) is 0 Å². The number of nitrogens with one attached hydrogen (secondary N) is 1. The van der Waals surface area contributed by atoms with Gasteiger partial charge in [-0.3, -0.25) is 9.59 Å². The summed E-state index contributed by atoms with van der Waals surface area (Å²) in [7, 11) is 0. The number of carboxylic acid groups (broad SMARTS) is 1. The highest BCUT2D eigenvalue weighted by Crippen LogP contribution is 2.27. The van der Waals surface area contributed by atoms with Gasteiger partial charge in [0.1, 0.15) is 5.92 Å². The van der Waals surface area contributed by atoms with E-state index in [1.165, 1.54) is 11.3 Å². The lowest BCUT2D eigenvalue weighted by molar-refractivity contribution is -0.147. The smallest absolute Gasteiger partial charge is 0.316 e. The first-order valence-corrected chi connectivity index (χ1v) is 5.90. The molecule has 0 radical (unpaired) electrons. The van der Waals surface area contributed by atoms with Gasteiger partial charge in [-0.2, -0.15) is 0 Å². The third-order valence-electron chi connectivity index (χ3n) is 2.03. The van der Waals surface area contributed by atoms with Crippen LogP contribution in [-0.2, 0) is 9.59 Å². The van der Waals surface area contributed by atoms with Gasteiger partial charge >= 0.3 is 5.97 Å². The lowest BCUT2D eigenvalue weighted by Gasteiger charge is -2.14. The van der Waals surface area contributed by atoms with Crippen molar-refractivity contribution in [3.05, 3.63) is 16.5 Å². The van der Waals surface area contributed by atoms with E-state index in [0.29, 0.717) is 9.34 Å². The zero-order valence-electron chi connectivity index (χ0n) is 8.86. The molecular weight excluding hydrogens is 250 g/mol. The van der Waals surface area contributed by atoms with Gasteiger partial charge in [-0.15, -0.1) is 11.3 Å². The third-order valence-corrected chi connectivity index (χ3v) is 3.18. The molecule has 0 spiro atoms.